The van der Waals surface area contributed by atoms with E-state index in [0.717, 1.165) is 32.5 Å². The Balaban J connectivity index is 2.98. The fourth-order valence-electron chi connectivity index (χ4n) is 2.34. The molecule has 0 N–H and O–H groups in total. The van der Waals surface area contributed by atoms with Gasteiger partial charge in [-0.3, -0.25) is 0 Å². The first-order valence-electron chi connectivity index (χ1n) is 12.0. The Bertz CT molecular complexity index is 279. The molecule has 0 heterocycles. The van der Waals surface area contributed by atoms with E-state index in [1.54, 1.807) is 0 Å². The molecule has 0 aliphatic rings. The normalized spacial score (nSPS) is 11.4. The maximum atomic E-state index is 5.47. The summed E-state index contributed by atoms with van der Waals surface area (Å²) in [5, 5.41) is 0. The number of hydrogen-bond donors (Lipinski definition) is 0. The Morgan fingerprint density at radius 1 is 0.258 bits per heavy atom. The van der Waals surface area contributed by atoms with Crippen molar-refractivity contribution in [2.75, 3.05) is 106 Å². The highest BCUT2D eigenvalue weighted by molar-refractivity contribution is 4.39. The molecule has 8 nitrogen and oxygen atoms in total. The van der Waals surface area contributed by atoms with Crippen molar-refractivity contribution in [2.24, 2.45) is 0 Å². The van der Waals surface area contributed by atoms with E-state index >= 15 is 0 Å². The maximum Gasteiger partial charge on any atom is 0.0701 e. The van der Waals surface area contributed by atoms with Gasteiger partial charge >= 0.3 is 0 Å². The predicted molar refractivity (Wildman–Crippen MR) is 121 cm³/mol. The Morgan fingerprint density at radius 3 is 0.742 bits per heavy atom. The number of unbranched alkanes of at least 4 members (excludes halogenated alkanes) is 3. The van der Waals surface area contributed by atoms with Crippen molar-refractivity contribution < 1.29 is 37.9 Å². The van der Waals surface area contributed by atoms with Crippen LogP contribution in [-0.2, 0) is 37.9 Å². The van der Waals surface area contributed by atoms with Crippen molar-refractivity contribution in [1.82, 2.24) is 0 Å². The van der Waals surface area contributed by atoms with Gasteiger partial charge in [0.15, 0.2) is 0 Å². The van der Waals surface area contributed by atoms with E-state index in [1.807, 2.05) is 0 Å². The van der Waals surface area contributed by atoms with Gasteiger partial charge in [0.05, 0.1) is 92.5 Å². The Hall–Kier alpha value is -0.320. The van der Waals surface area contributed by atoms with Gasteiger partial charge in [0.1, 0.15) is 0 Å². The van der Waals surface area contributed by atoms with Gasteiger partial charge in [-0.1, -0.05) is 33.1 Å². The molecule has 0 aromatic heterocycles. The van der Waals surface area contributed by atoms with Gasteiger partial charge < -0.3 is 37.9 Å². The van der Waals surface area contributed by atoms with Crippen LogP contribution in [0.5, 0.6) is 0 Å². The molecule has 0 bridgehead atoms. The molecule has 0 rings (SSSR count). The zero-order chi connectivity index (χ0) is 22.5. The summed E-state index contributed by atoms with van der Waals surface area (Å²) >= 11 is 0. The zero-order valence-electron chi connectivity index (χ0n) is 20.1. The second-order valence-electron chi connectivity index (χ2n) is 6.96. The first-order chi connectivity index (χ1) is 15.4. The first kappa shape index (κ1) is 30.7. The predicted octanol–water partition coefficient (Wildman–Crippen LogP) is 3.11. The minimum Gasteiger partial charge on any atom is -0.379 e. The van der Waals surface area contributed by atoms with Crippen molar-refractivity contribution in [2.45, 2.75) is 46.0 Å². The van der Waals surface area contributed by atoms with E-state index in [2.05, 4.69) is 13.8 Å². The minimum absolute atomic E-state index is 0.552. The average Bonchev–Trinajstić information content (AvgIpc) is 2.78. The van der Waals surface area contributed by atoms with Crippen LogP contribution in [0.15, 0.2) is 0 Å². The molecule has 0 unspecified atom stereocenters. The Morgan fingerprint density at radius 2 is 0.484 bits per heavy atom. The highest BCUT2D eigenvalue weighted by atomic mass is 16.6. The quantitative estimate of drug-likeness (QED) is 0.168. The molecule has 0 amide bonds. The summed E-state index contributed by atoms with van der Waals surface area (Å²) in [7, 11) is 0. The molecular formula is C23H48O8. The molecule has 31 heavy (non-hydrogen) atoms. The van der Waals surface area contributed by atoms with E-state index in [4.69, 9.17) is 37.9 Å². The summed E-state index contributed by atoms with van der Waals surface area (Å²) in [6, 6.07) is 0. The molecule has 8 heteroatoms. The molecule has 0 aliphatic carbocycles. The molecule has 0 atom stereocenters. The van der Waals surface area contributed by atoms with Crippen molar-refractivity contribution in [1.29, 1.82) is 0 Å². The van der Waals surface area contributed by atoms with E-state index in [0.29, 0.717) is 92.5 Å². The standard InChI is InChI=1S/C23H48O8/c1-3-5-7-9-25-11-13-27-15-17-29-19-21-31-23-22-30-20-18-28-16-14-26-12-10-24-8-6-4-2/h3-23H2,1-2H3. The Labute approximate surface area is 190 Å². The zero-order valence-corrected chi connectivity index (χ0v) is 20.1. The van der Waals surface area contributed by atoms with Crippen LogP contribution in [0.4, 0.5) is 0 Å². The highest BCUT2D eigenvalue weighted by Gasteiger charge is 1.95. The second kappa shape index (κ2) is 29.7. The molecule has 0 aromatic rings. The highest BCUT2D eigenvalue weighted by Crippen LogP contribution is 1.94. The van der Waals surface area contributed by atoms with Crippen LogP contribution < -0.4 is 0 Å². The average molecular weight is 453 g/mol. The molecule has 0 saturated heterocycles. The third-order valence-corrected chi connectivity index (χ3v) is 4.14. The van der Waals surface area contributed by atoms with Gasteiger partial charge in [-0.25, -0.2) is 0 Å². The lowest BCUT2D eigenvalue weighted by atomic mass is 10.3. The first-order valence-corrected chi connectivity index (χ1v) is 12.0. The van der Waals surface area contributed by atoms with E-state index in [-0.39, 0.29) is 0 Å². The summed E-state index contributed by atoms with van der Waals surface area (Å²) in [5.74, 6) is 0. The topological polar surface area (TPSA) is 73.8 Å². The fourth-order valence-corrected chi connectivity index (χ4v) is 2.34. The number of hydrogen-bond acceptors (Lipinski definition) is 8. The molecule has 0 spiro atoms. The van der Waals surface area contributed by atoms with Crippen LogP contribution in [0.3, 0.4) is 0 Å². The summed E-state index contributed by atoms with van der Waals surface area (Å²) < 4.78 is 43.5. The van der Waals surface area contributed by atoms with Gasteiger partial charge in [0, 0.05) is 13.2 Å². The molecule has 188 valence electrons. The number of ether oxygens (including phenoxy) is 8. The van der Waals surface area contributed by atoms with Crippen LogP contribution in [-0.4, -0.2) is 106 Å². The number of rotatable bonds is 28. The molecule has 0 aromatic carbocycles. The third kappa shape index (κ3) is 29.7. The summed E-state index contributed by atoms with van der Waals surface area (Å²) in [6.45, 7) is 14.2. The maximum absolute atomic E-state index is 5.47. The van der Waals surface area contributed by atoms with Gasteiger partial charge in [-0.2, -0.15) is 0 Å². The van der Waals surface area contributed by atoms with Crippen molar-refractivity contribution in [3.05, 3.63) is 0 Å². The molecule has 0 aliphatic heterocycles. The lowest BCUT2D eigenvalue weighted by Crippen LogP contribution is -2.15. The van der Waals surface area contributed by atoms with E-state index in [1.165, 1.54) is 12.8 Å². The lowest BCUT2D eigenvalue weighted by molar-refractivity contribution is -0.0232. The van der Waals surface area contributed by atoms with Crippen LogP contribution in [0.1, 0.15) is 46.0 Å². The molecule has 0 radical (unpaired) electrons. The summed E-state index contributed by atoms with van der Waals surface area (Å²) in [4.78, 5) is 0. The summed E-state index contributed by atoms with van der Waals surface area (Å²) in [6.07, 6.45) is 5.83. The lowest BCUT2D eigenvalue weighted by Gasteiger charge is -2.08. The van der Waals surface area contributed by atoms with Crippen LogP contribution in [0.2, 0.25) is 0 Å². The molecular weight excluding hydrogens is 404 g/mol. The Kier molecular flexibility index (Phi) is 29.4. The SMILES string of the molecule is CCCCCOCCOCCOCCOCCOCCOCCOCCOCCCC. The van der Waals surface area contributed by atoms with Crippen molar-refractivity contribution in [3.63, 3.8) is 0 Å². The summed E-state index contributed by atoms with van der Waals surface area (Å²) in [5.41, 5.74) is 0. The van der Waals surface area contributed by atoms with E-state index in [9.17, 15) is 0 Å². The van der Waals surface area contributed by atoms with Crippen LogP contribution >= 0.6 is 0 Å². The smallest absolute Gasteiger partial charge is 0.0701 e. The largest absolute Gasteiger partial charge is 0.379 e. The third-order valence-electron chi connectivity index (χ3n) is 4.14. The fraction of sp³-hybridized carbons (Fsp3) is 1.00. The van der Waals surface area contributed by atoms with E-state index < -0.39 is 0 Å². The van der Waals surface area contributed by atoms with Crippen LogP contribution in [0.25, 0.3) is 0 Å². The van der Waals surface area contributed by atoms with Crippen molar-refractivity contribution in [3.8, 4) is 0 Å². The van der Waals surface area contributed by atoms with Crippen molar-refractivity contribution >= 4 is 0 Å². The molecule has 0 saturated carbocycles. The van der Waals surface area contributed by atoms with Gasteiger partial charge in [0.2, 0.25) is 0 Å². The minimum atomic E-state index is 0.552. The van der Waals surface area contributed by atoms with Crippen LogP contribution in [0, 0.1) is 0 Å². The monoisotopic (exact) mass is 452 g/mol. The second-order valence-corrected chi connectivity index (χ2v) is 6.96. The van der Waals surface area contributed by atoms with Gasteiger partial charge in [-0.15, -0.1) is 0 Å². The van der Waals surface area contributed by atoms with Gasteiger partial charge in [-0.05, 0) is 12.8 Å². The van der Waals surface area contributed by atoms with Gasteiger partial charge in [0.25, 0.3) is 0 Å². The molecule has 0 fully saturated rings.